The second-order valence-electron chi connectivity index (χ2n) is 4.90. The lowest BCUT2D eigenvalue weighted by molar-refractivity contribution is -0.119. The summed E-state index contributed by atoms with van der Waals surface area (Å²) in [6, 6.07) is 14.4. The van der Waals surface area contributed by atoms with E-state index in [1.165, 1.54) is 0 Å². The molecule has 2 aromatic carbocycles. The third kappa shape index (κ3) is 3.35. The molecule has 7 nitrogen and oxygen atoms in total. The summed E-state index contributed by atoms with van der Waals surface area (Å²) in [6.07, 6.45) is 0. The van der Waals surface area contributed by atoms with Crippen LogP contribution in [0.2, 0.25) is 0 Å². The number of nitrogens with two attached hydrogens (primary N) is 1. The van der Waals surface area contributed by atoms with Crippen LogP contribution < -0.4 is 15.2 Å². The topological polar surface area (TPSA) is 100 Å². The van der Waals surface area contributed by atoms with Gasteiger partial charge < -0.3 is 19.7 Å². The number of nitrogens with zero attached hydrogens (tertiary/aromatic N) is 2. The zero-order chi connectivity index (χ0) is 16.9. The fourth-order valence-corrected chi connectivity index (χ4v) is 2.11. The van der Waals surface area contributed by atoms with Gasteiger partial charge in [-0.15, -0.1) is 0 Å². The predicted molar refractivity (Wildman–Crippen MR) is 86.4 cm³/mol. The van der Waals surface area contributed by atoms with Crippen LogP contribution in [-0.4, -0.2) is 29.8 Å². The molecule has 122 valence electrons. The molecule has 0 unspecified atom stereocenters. The van der Waals surface area contributed by atoms with Gasteiger partial charge in [0.15, 0.2) is 6.61 Å². The van der Waals surface area contributed by atoms with E-state index in [0.29, 0.717) is 23.0 Å². The van der Waals surface area contributed by atoms with E-state index in [4.69, 9.17) is 19.7 Å². The standard InChI is InChI=1S/C17H15N3O4/c1-22-12-8-6-11(7-9-12)16-19-17(24-20-16)13-4-2-3-5-14(13)23-10-15(18)21/h2-9H,10H2,1H3,(H2,18,21). The Morgan fingerprint density at radius 2 is 1.92 bits per heavy atom. The van der Waals surface area contributed by atoms with Gasteiger partial charge in [-0.25, -0.2) is 0 Å². The summed E-state index contributed by atoms with van der Waals surface area (Å²) in [5.74, 6) is 1.36. The number of para-hydroxylation sites is 1. The van der Waals surface area contributed by atoms with Crippen molar-refractivity contribution in [3.8, 4) is 34.3 Å². The van der Waals surface area contributed by atoms with E-state index in [9.17, 15) is 4.79 Å². The number of rotatable bonds is 6. The molecule has 0 saturated carbocycles. The SMILES string of the molecule is COc1ccc(-c2noc(-c3ccccc3OCC(N)=O)n2)cc1. The smallest absolute Gasteiger partial charge is 0.262 e. The molecule has 3 aromatic rings. The highest BCUT2D eigenvalue weighted by molar-refractivity contribution is 5.76. The van der Waals surface area contributed by atoms with E-state index in [0.717, 1.165) is 11.3 Å². The summed E-state index contributed by atoms with van der Waals surface area (Å²) >= 11 is 0. The highest BCUT2D eigenvalue weighted by Gasteiger charge is 2.15. The quantitative estimate of drug-likeness (QED) is 0.746. The maximum atomic E-state index is 10.9. The zero-order valence-corrected chi connectivity index (χ0v) is 12.9. The number of carbonyl (C=O) groups is 1. The van der Waals surface area contributed by atoms with Crippen molar-refractivity contribution in [1.29, 1.82) is 0 Å². The van der Waals surface area contributed by atoms with Gasteiger partial charge in [-0.1, -0.05) is 17.3 Å². The Hall–Kier alpha value is -3.35. The van der Waals surface area contributed by atoms with Gasteiger partial charge in [-0.3, -0.25) is 4.79 Å². The van der Waals surface area contributed by atoms with E-state index in [1.54, 1.807) is 25.3 Å². The van der Waals surface area contributed by atoms with Crippen LogP contribution >= 0.6 is 0 Å². The molecule has 0 bridgehead atoms. The van der Waals surface area contributed by atoms with E-state index >= 15 is 0 Å². The maximum Gasteiger partial charge on any atom is 0.262 e. The third-order valence-electron chi connectivity index (χ3n) is 3.26. The summed E-state index contributed by atoms with van der Waals surface area (Å²) in [4.78, 5) is 15.3. The molecule has 0 aliphatic carbocycles. The Morgan fingerprint density at radius 1 is 1.17 bits per heavy atom. The van der Waals surface area contributed by atoms with Crippen LogP contribution in [0.3, 0.4) is 0 Å². The van der Waals surface area contributed by atoms with Gasteiger partial charge in [-0.2, -0.15) is 4.98 Å². The monoisotopic (exact) mass is 325 g/mol. The summed E-state index contributed by atoms with van der Waals surface area (Å²) in [6.45, 7) is -0.226. The molecule has 1 amide bonds. The van der Waals surface area contributed by atoms with E-state index in [1.807, 2.05) is 30.3 Å². The molecule has 0 aliphatic rings. The molecule has 3 rings (SSSR count). The molecule has 24 heavy (non-hydrogen) atoms. The van der Waals surface area contributed by atoms with Crippen molar-refractivity contribution in [2.75, 3.05) is 13.7 Å². The molecule has 0 aliphatic heterocycles. The van der Waals surface area contributed by atoms with Gasteiger partial charge in [0.2, 0.25) is 5.82 Å². The first-order valence-corrected chi connectivity index (χ1v) is 7.16. The Kier molecular flexibility index (Phi) is 4.42. The van der Waals surface area contributed by atoms with E-state index in [2.05, 4.69) is 10.1 Å². The Bertz CT molecular complexity index is 843. The number of methoxy groups -OCH3 is 1. The van der Waals surface area contributed by atoms with E-state index < -0.39 is 5.91 Å². The molecule has 0 atom stereocenters. The minimum Gasteiger partial charge on any atom is -0.497 e. The molecule has 2 N–H and O–H groups in total. The van der Waals surface area contributed by atoms with Crippen molar-refractivity contribution in [3.05, 3.63) is 48.5 Å². The highest BCUT2D eigenvalue weighted by Crippen LogP contribution is 2.30. The van der Waals surface area contributed by atoms with Crippen molar-refractivity contribution in [1.82, 2.24) is 10.1 Å². The minimum atomic E-state index is -0.561. The van der Waals surface area contributed by atoms with Crippen molar-refractivity contribution >= 4 is 5.91 Å². The summed E-state index contributed by atoms with van der Waals surface area (Å²) in [7, 11) is 1.60. The molecular weight excluding hydrogens is 310 g/mol. The fourth-order valence-electron chi connectivity index (χ4n) is 2.11. The number of hydrogen-bond acceptors (Lipinski definition) is 6. The van der Waals surface area contributed by atoms with Crippen LogP contribution in [0.4, 0.5) is 0 Å². The normalized spacial score (nSPS) is 10.4. The first-order chi connectivity index (χ1) is 11.7. The molecular formula is C17H15N3O4. The number of benzene rings is 2. The second kappa shape index (κ2) is 6.82. The first kappa shape index (κ1) is 15.5. The largest absolute Gasteiger partial charge is 0.497 e. The lowest BCUT2D eigenvalue weighted by atomic mass is 10.2. The Morgan fingerprint density at radius 3 is 2.62 bits per heavy atom. The van der Waals surface area contributed by atoms with Crippen molar-refractivity contribution in [2.45, 2.75) is 0 Å². The summed E-state index contributed by atoms with van der Waals surface area (Å²) in [5.41, 5.74) is 6.49. The second-order valence-corrected chi connectivity index (χ2v) is 4.90. The van der Waals surface area contributed by atoms with Crippen LogP contribution in [-0.2, 0) is 4.79 Å². The van der Waals surface area contributed by atoms with Crippen molar-refractivity contribution in [3.63, 3.8) is 0 Å². The number of hydrogen-bond donors (Lipinski definition) is 1. The molecule has 1 aromatic heterocycles. The lowest BCUT2D eigenvalue weighted by Crippen LogP contribution is -2.20. The molecule has 1 heterocycles. The fraction of sp³-hybridized carbons (Fsp3) is 0.118. The van der Waals surface area contributed by atoms with Crippen LogP contribution in [0.25, 0.3) is 22.8 Å². The molecule has 0 fully saturated rings. The van der Waals surface area contributed by atoms with Crippen molar-refractivity contribution in [2.24, 2.45) is 5.73 Å². The van der Waals surface area contributed by atoms with Gasteiger partial charge in [-0.05, 0) is 36.4 Å². The average molecular weight is 325 g/mol. The Labute approximate surface area is 138 Å². The zero-order valence-electron chi connectivity index (χ0n) is 12.9. The number of ether oxygens (including phenoxy) is 2. The molecule has 7 heteroatoms. The predicted octanol–water partition coefficient (Wildman–Crippen LogP) is 2.28. The van der Waals surface area contributed by atoms with Crippen LogP contribution in [0.5, 0.6) is 11.5 Å². The molecule has 0 radical (unpaired) electrons. The van der Waals surface area contributed by atoms with Gasteiger partial charge >= 0.3 is 0 Å². The third-order valence-corrected chi connectivity index (χ3v) is 3.26. The van der Waals surface area contributed by atoms with Gasteiger partial charge in [0.25, 0.3) is 11.8 Å². The van der Waals surface area contributed by atoms with Crippen LogP contribution in [0, 0.1) is 0 Å². The number of aromatic nitrogens is 2. The molecule has 0 saturated heterocycles. The number of primary amides is 1. The number of amides is 1. The maximum absolute atomic E-state index is 10.9. The van der Waals surface area contributed by atoms with Gasteiger partial charge in [0.05, 0.1) is 12.7 Å². The average Bonchev–Trinajstić information content (AvgIpc) is 3.10. The van der Waals surface area contributed by atoms with Gasteiger partial charge in [0.1, 0.15) is 11.5 Å². The van der Waals surface area contributed by atoms with Crippen LogP contribution in [0.1, 0.15) is 0 Å². The number of carbonyl (C=O) groups excluding carboxylic acids is 1. The summed E-state index contributed by atoms with van der Waals surface area (Å²) < 4.78 is 15.8. The minimum absolute atomic E-state index is 0.226. The van der Waals surface area contributed by atoms with Crippen molar-refractivity contribution < 1.29 is 18.8 Å². The Balaban J connectivity index is 1.88. The van der Waals surface area contributed by atoms with Crippen LogP contribution in [0.15, 0.2) is 53.1 Å². The lowest BCUT2D eigenvalue weighted by Gasteiger charge is -2.06. The van der Waals surface area contributed by atoms with E-state index in [-0.39, 0.29) is 6.61 Å². The molecule has 0 spiro atoms. The van der Waals surface area contributed by atoms with Gasteiger partial charge in [0, 0.05) is 5.56 Å². The summed E-state index contributed by atoms with van der Waals surface area (Å²) in [5, 5.41) is 3.98. The first-order valence-electron chi connectivity index (χ1n) is 7.16. The highest BCUT2D eigenvalue weighted by atomic mass is 16.5.